The number of amides is 2. The van der Waals surface area contributed by atoms with E-state index in [1.165, 1.54) is 4.90 Å². The van der Waals surface area contributed by atoms with Crippen LogP contribution in [0.1, 0.15) is 0 Å². The van der Waals surface area contributed by atoms with Crippen LogP contribution in [0.3, 0.4) is 0 Å². The Balaban J connectivity index is 2.00. The van der Waals surface area contributed by atoms with E-state index in [1.807, 2.05) is 30.3 Å². The standard InChI is InChI=1S/C14H12Cl2N2O2/c1-18(10-6-3-2-4-7-10)14(19)17-20-12-9-5-8-11(15)13(12)16/h2-9H,1H3,(H,17,19). The number of hydroxylamine groups is 1. The first-order valence-corrected chi connectivity index (χ1v) is 6.55. The average molecular weight is 311 g/mol. The van der Waals surface area contributed by atoms with Gasteiger partial charge >= 0.3 is 6.03 Å². The summed E-state index contributed by atoms with van der Waals surface area (Å²) in [4.78, 5) is 18.5. The maximum atomic E-state index is 11.9. The Morgan fingerprint density at radius 2 is 1.80 bits per heavy atom. The van der Waals surface area contributed by atoms with E-state index in [0.29, 0.717) is 5.02 Å². The number of anilines is 1. The van der Waals surface area contributed by atoms with E-state index in [2.05, 4.69) is 5.48 Å². The van der Waals surface area contributed by atoms with Crippen molar-refractivity contribution in [3.05, 3.63) is 58.6 Å². The second-order valence-electron chi connectivity index (χ2n) is 3.96. The van der Waals surface area contributed by atoms with Gasteiger partial charge in [-0.05, 0) is 24.3 Å². The van der Waals surface area contributed by atoms with Gasteiger partial charge in [0.25, 0.3) is 0 Å². The highest BCUT2D eigenvalue weighted by atomic mass is 35.5. The fourth-order valence-corrected chi connectivity index (χ4v) is 1.83. The van der Waals surface area contributed by atoms with E-state index >= 15 is 0 Å². The second kappa shape index (κ2) is 6.50. The third-order valence-corrected chi connectivity index (χ3v) is 3.41. The Kier molecular flexibility index (Phi) is 4.71. The lowest BCUT2D eigenvalue weighted by molar-refractivity contribution is 0.184. The largest absolute Gasteiger partial charge is 0.376 e. The molecule has 0 aliphatic carbocycles. The molecule has 0 heterocycles. The molecule has 0 aliphatic heterocycles. The Bertz CT molecular complexity index is 605. The van der Waals surface area contributed by atoms with Crippen molar-refractivity contribution in [2.45, 2.75) is 0 Å². The molecule has 0 saturated heterocycles. The van der Waals surface area contributed by atoms with E-state index < -0.39 is 6.03 Å². The van der Waals surface area contributed by atoms with E-state index in [-0.39, 0.29) is 10.8 Å². The lowest BCUT2D eigenvalue weighted by atomic mass is 10.3. The Morgan fingerprint density at radius 1 is 1.10 bits per heavy atom. The zero-order valence-corrected chi connectivity index (χ0v) is 12.2. The van der Waals surface area contributed by atoms with Crippen LogP contribution < -0.4 is 15.2 Å². The highest BCUT2D eigenvalue weighted by Crippen LogP contribution is 2.30. The van der Waals surface area contributed by atoms with Gasteiger partial charge < -0.3 is 4.84 Å². The summed E-state index contributed by atoms with van der Waals surface area (Å²) < 4.78 is 0. The molecule has 2 rings (SSSR count). The summed E-state index contributed by atoms with van der Waals surface area (Å²) in [5.74, 6) is 0.286. The number of hydrogen-bond acceptors (Lipinski definition) is 2. The van der Waals surface area contributed by atoms with E-state index in [0.717, 1.165) is 5.69 Å². The molecule has 0 aliphatic rings. The van der Waals surface area contributed by atoms with Gasteiger partial charge in [-0.25, -0.2) is 4.79 Å². The Labute approximate surface area is 126 Å². The highest BCUT2D eigenvalue weighted by molar-refractivity contribution is 6.42. The van der Waals surface area contributed by atoms with Crippen LogP contribution in [0.4, 0.5) is 10.5 Å². The van der Waals surface area contributed by atoms with Gasteiger partial charge in [0, 0.05) is 12.7 Å². The molecule has 104 valence electrons. The number of urea groups is 1. The smallest absolute Gasteiger partial charge is 0.354 e. The molecule has 4 nitrogen and oxygen atoms in total. The van der Waals surface area contributed by atoms with Crippen molar-refractivity contribution in [3.8, 4) is 5.75 Å². The molecule has 20 heavy (non-hydrogen) atoms. The molecule has 0 bridgehead atoms. The van der Waals surface area contributed by atoms with Crippen LogP contribution >= 0.6 is 23.2 Å². The zero-order chi connectivity index (χ0) is 14.5. The number of halogens is 2. The predicted octanol–water partition coefficient (Wildman–Crippen LogP) is 4.13. The minimum Gasteiger partial charge on any atom is -0.376 e. The van der Waals surface area contributed by atoms with Crippen LogP contribution in [0, 0.1) is 0 Å². The lowest BCUT2D eigenvalue weighted by Crippen LogP contribution is -2.39. The van der Waals surface area contributed by atoms with Crippen molar-refractivity contribution >= 4 is 34.9 Å². The molecule has 0 spiro atoms. The molecular weight excluding hydrogens is 299 g/mol. The Hall–Kier alpha value is -1.91. The summed E-state index contributed by atoms with van der Waals surface area (Å²) in [5.41, 5.74) is 3.05. The van der Waals surface area contributed by atoms with Crippen molar-refractivity contribution in [1.82, 2.24) is 5.48 Å². The van der Waals surface area contributed by atoms with Crippen LogP contribution in [-0.4, -0.2) is 13.1 Å². The maximum absolute atomic E-state index is 11.9. The molecule has 0 aromatic heterocycles. The van der Waals surface area contributed by atoms with Gasteiger partial charge in [-0.15, -0.1) is 0 Å². The minimum absolute atomic E-state index is 0.247. The highest BCUT2D eigenvalue weighted by Gasteiger charge is 2.12. The van der Waals surface area contributed by atoms with Gasteiger partial charge in [0.2, 0.25) is 0 Å². The summed E-state index contributed by atoms with van der Waals surface area (Å²) in [6.45, 7) is 0. The third kappa shape index (κ3) is 3.35. The predicted molar refractivity (Wildman–Crippen MR) is 80.5 cm³/mol. The van der Waals surface area contributed by atoms with Crippen molar-refractivity contribution < 1.29 is 9.63 Å². The van der Waals surface area contributed by atoms with Crippen LogP contribution in [0.5, 0.6) is 5.75 Å². The molecule has 2 aromatic carbocycles. The van der Waals surface area contributed by atoms with Gasteiger partial charge in [0.05, 0.1) is 5.02 Å². The van der Waals surface area contributed by atoms with Crippen LogP contribution in [0.25, 0.3) is 0 Å². The topological polar surface area (TPSA) is 41.6 Å². The molecule has 2 aromatic rings. The first-order chi connectivity index (χ1) is 9.59. The van der Waals surface area contributed by atoms with Crippen LogP contribution in [0.2, 0.25) is 10.0 Å². The van der Waals surface area contributed by atoms with Crippen LogP contribution in [0.15, 0.2) is 48.5 Å². The number of hydrogen-bond donors (Lipinski definition) is 1. The van der Waals surface area contributed by atoms with Crippen molar-refractivity contribution in [2.75, 3.05) is 11.9 Å². The first-order valence-electron chi connectivity index (χ1n) is 5.79. The quantitative estimate of drug-likeness (QED) is 0.866. The summed E-state index contributed by atoms with van der Waals surface area (Å²) >= 11 is 11.8. The molecular formula is C14H12Cl2N2O2. The molecule has 0 saturated carbocycles. The SMILES string of the molecule is CN(C(=O)NOc1cccc(Cl)c1Cl)c1ccccc1. The zero-order valence-electron chi connectivity index (χ0n) is 10.6. The second-order valence-corrected chi connectivity index (χ2v) is 4.74. The molecule has 0 atom stereocenters. The number of nitrogens with zero attached hydrogens (tertiary/aromatic N) is 1. The van der Waals surface area contributed by atoms with E-state index in [4.69, 9.17) is 28.0 Å². The van der Waals surface area contributed by atoms with Crippen molar-refractivity contribution in [2.24, 2.45) is 0 Å². The van der Waals surface area contributed by atoms with Gasteiger partial charge in [0.15, 0.2) is 5.75 Å². The third-order valence-electron chi connectivity index (χ3n) is 2.61. The summed E-state index contributed by atoms with van der Waals surface area (Å²) in [6.07, 6.45) is 0. The molecule has 1 N–H and O–H groups in total. The molecule has 0 radical (unpaired) electrons. The normalized spacial score (nSPS) is 9.95. The van der Waals surface area contributed by atoms with Gasteiger partial charge in [0.1, 0.15) is 5.02 Å². The fraction of sp³-hybridized carbons (Fsp3) is 0.0714. The maximum Gasteiger partial charge on any atom is 0.354 e. The van der Waals surface area contributed by atoms with E-state index in [1.54, 1.807) is 25.2 Å². The fourth-order valence-electron chi connectivity index (χ4n) is 1.50. The van der Waals surface area contributed by atoms with E-state index in [9.17, 15) is 4.79 Å². The number of benzene rings is 2. The van der Waals surface area contributed by atoms with Crippen molar-refractivity contribution in [1.29, 1.82) is 0 Å². The lowest BCUT2D eigenvalue weighted by Gasteiger charge is -2.18. The first kappa shape index (κ1) is 14.5. The average Bonchev–Trinajstić information content (AvgIpc) is 2.48. The number of carbonyl (C=O) groups excluding carboxylic acids is 1. The molecule has 0 fully saturated rings. The minimum atomic E-state index is -0.424. The number of rotatable bonds is 3. The monoisotopic (exact) mass is 310 g/mol. The molecule has 6 heteroatoms. The Morgan fingerprint density at radius 3 is 2.50 bits per heavy atom. The number of para-hydroxylation sites is 1. The summed E-state index contributed by atoms with van der Waals surface area (Å²) in [7, 11) is 1.63. The number of carbonyl (C=O) groups is 1. The molecule has 0 unspecified atom stereocenters. The van der Waals surface area contributed by atoms with Gasteiger partial charge in [-0.1, -0.05) is 47.5 Å². The van der Waals surface area contributed by atoms with Crippen LogP contribution in [-0.2, 0) is 0 Å². The number of nitrogens with one attached hydrogen (secondary N) is 1. The summed E-state index contributed by atoms with van der Waals surface area (Å²) in [5, 5.41) is 0.603. The van der Waals surface area contributed by atoms with Gasteiger partial charge in [-0.3, -0.25) is 4.90 Å². The molecule has 2 amide bonds. The van der Waals surface area contributed by atoms with Crippen molar-refractivity contribution in [3.63, 3.8) is 0 Å². The summed E-state index contributed by atoms with van der Waals surface area (Å²) in [6, 6.07) is 13.7. The van der Waals surface area contributed by atoms with Gasteiger partial charge in [-0.2, -0.15) is 5.48 Å².